The number of aromatic amines is 1. The molecule has 0 spiro atoms. The summed E-state index contributed by atoms with van der Waals surface area (Å²) in [5.74, 6) is -1.34. The molecule has 36 heavy (non-hydrogen) atoms. The van der Waals surface area contributed by atoms with Gasteiger partial charge in [0.25, 0.3) is 5.56 Å². The number of nitrogens with one attached hydrogen (secondary N) is 1. The molecule has 0 radical (unpaired) electrons. The number of hydrogen-bond acceptors (Lipinski definition) is 15. The van der Waals surface area contributed by atoms with Crippen molar-refractivity contribution in [2.24, 2.45) is 0 Å². The summed E-state index contributed by atoms with van der Waals surface area (Å²) in [6.45, 7) is -2.00. The van der Waals surface area contributed by atoms with Crippen LogP contribution in [0.3, 0.4) is 0 Å². The highest BCUT2D eigenvalue weighted by Gasteiger charge is 2.49. The third-order valence-corrected chi connectivity index (χ3v) is 7.59. The normalized spacial score (nSPS) is 36.4. The molecule has 2 fully saturated rings. The molecule has 0 aromatic carbocycles. The molecular formula is C15H22N2O17P2. The quantitative estimate of drug-likeness (QED) is 0.131. The minimum atomic E-state index is -5.63. The highest BCUT2D eigenvalue weighted by atomic mass is 31.3. The maximum atomic E-state index is 12.1. The number of phosphoric ester groups is 2. The summed E-state index contributed by atoms with van der Waals surface area (Å²) in [5.41, 5.74) is -1.76. The number of hydrogen-bond donors (Lipinski definition) is 8. The molecule has 2 aliphatic rings. The van der Waals surface area contributed by atoms with Gasteiger partial charge in [-0.25, -0.2) is 13.9 Å². The molecule has 21 heteroatoms. The number of rotatable bonds is 9. The van der Waals surface area contributed by atoms with Crippen molar-refractivity contribution in [1.29, 1.82) is 0 Å². The van der Waals surface area contributed by atoms with Crippen molar-refractivity contribution in [2.75, 3.05) is 13.2 Å². The van der Waals surface area contributed by atoms with Crippen LogP contribution in [0.1, 0.15) is 6.23 Å². The Morgan fingerprint density at radius 2 is 1.64 bits per heavy atom. The Kier molecular flexibility index (Phi) is 8.81. The topological polar surface area (TPSA) is 294 Å². The number of nitrogens with zero attached hydrogens (tertiary/aromatic N) is 1. The summed E-state index contributed by atoms with van der Waals surface area (Å²) < 4.78 is 47.8. The molecule has 10 atom stereocenters. The van der Waals surface area contributed by atoms with Crippen LogP contribution in [-0.4, -0.2) is 107 Å². The van der Waals surface area contributed by atoms with Gasteiger partial charge in [0.05, 0.1) is 13.2 Å². The molecule has 204 valence electrons. The minimum Gasteiger partial charge on any atom is -0.394 e. The lowest BCUT2D eigenvalue weighted by atomic mass is 10.0. The fourth-order valence-electron chi connectivity index (χ4n) is 3.24. The van der Waals surface area contributed by atoms with Gasteiger partial charge >= 0.3 is 21.3 Å². The number of phosphoric acid groups is 2. The molecule has 19 nitrogen and oxygen atoms in total. The molecule has 2 saturated heterocycles. The van der Waals surface area contributed by atoms with Gasteiger partial charge in [-0.15, -0.1) is 0 Å². The van der Waals surface area contributed by atoms with Gasteiger partial charge in [0.2, 0.25) is 6.29 Å². The van der Waals surface area contributed by atoms with E-state index >= 15 is 0 Å². The van der Waals surface area contributed by atoms with E-state index in [-0.39, 0.29) is 0 Å². The number of carbonyl (C=O) groups is 1. The standard InChI is InChI=1S/C15H22N2O17P2/c18-3-5-8(20)10(22)12(24)14(32-5)33-36(28,29)34-35(26,27)30-4-6-9(21)11(23)13(31-6)17-2-1-7(19)16-15(17)25/h1-2,5-6,8-9,11-14,18,20-21,23-24H,3-4H2,(H,26,27)(H,28,29)(H,16,19,25)/t5-,6-,8-,9-,11-,12-,13-,14-/m1/s1. The molecule has 0 aliphatic carbocycles. The second-order valence-electron chi connectivity index (χ2n) is 7.50. The Balaban J connectivity index is 1.62. The Labute approximate surface area is 199 Å². The lowest BCUT2D eigenvalue weighted by Crippen LogP contribution is -2.56. The lowest BCUT2D eigenvalue weighted by Gasteiger charge is -2.35. The molecule has 2 unspecified atom stereocenters. The fraction of sp³-hybridized carbons (Fsp3) is 0.667. The van der Waals surface area contributed by atoms with Crippen molar-refractivity contribution in [1.82, 2.24) is 9.55 Å². The minimum absolute atomic E-state index is 0.716. The Hall–Kier alpha value is -1.67. The van der Waals surface area contributed by atoms with Gasteiger partial charge in [-0.05, 0) is 0 Å². The molecule has 0 amide bonds. The van der Waals surface area contributed by atoms with E-state index in [4.69, 9.17) is 14.6 Å². The van der Waals surface area contributed by atoms with Crippen LogP contribution in [0, 0.1) is 0 Å². The highest BCUT2D eigenvalue weighted by Crippen LogP contribution is 2.61. The number of ether oxygens (including phenoxy) is 2. The first-order valence-corrected chi connectivity index (χ1v) is 12.8. The number of carbonyl (C=O) groups excluding carboxylic acids is 1. The van der Waals surface area contributed by atoms with Crippen molar-refractivity contribution >= 4 is 21.4 Å². The Bertz CT molecular complexity index is 1170. The van der Waals surface area contributed by atoms with Crippen LogP contribution in [0.25, 0.3) is 0 Å². The van der Waals surface area contributed by atoms with Crippen LogP contribution >= 0.6 is 15.6 Å². The zero-order valence-electron chi connectivity index (χ0n) is 17.7. The molecule has 3 heterocycles. The van der Waals surface area contributed by atoms with Crippen molar-refractivity contribution in [3.63, 3.8) is 0 Å². The summed E-state index contributed by atoms with van der Waals surface area (Å²) in [6.07, 6.45) is -14.0. The summed E-state index contributed by atoms with van der Waals surface area (Å²) in [4.78, 5) is 56.2. The number of H-pyrrole nitrogens is 1. The van der Waals surface area contributed by atoms with Crippen molar-refractivity contribution in [3.05, 3.63) is 33.1 Å². The van der Waals surface area contributed by atoms with E-state index in [2.05, 4.69) is 13.4 Å². The van der Waals surface area contributed by atoms with Crippen LogP contribution in [-0.2, 0) is 36.8 Å². The summed E-state index contributed by atoms with van der Waals surface area (Å²) in [7, 11) is -11.1. The molecule has 3 rings (SSSR count). The Morgan fingerprint density at radius 1 is 0.972 bits per heavy atom. The first-order valence-electron chi connectivity index (χ1n) is 9.85. The Morgan fingerprint density at radius 3 is 2.25 bits per heavy atom. The number of aliphatic hydroxyl groups is 5. The van der Waals surface area contributed by atoms with Gasteiger partial charge in [0.15, 0.2) is 18.1 Å². The summed E-state index contributed by atoms with van der Waals surface area (Å²) in [6, 6.07) is 0.923. The SMILES string of the molecule is O=C1[C@@H](O)[C@@H](OP(=O)(O)OP(=O)(O)OC[C@H]2O[C@@H](n3ccc(=O)[nH]c3=O)[C@H](O)[C@@H]2O)O[C@H](CO)[C@H]1O. The largest absolute Gasteiger partial charge is 0.483 e. The lowest BCUT2D eigenvalue weighted by molar-refractivity contribution is -0.233. The van der Waals surface area contributed by atoms with Crippen molar-refractivity contribution in [3.8, 4) is 0 Å². The molecule has 0 saturated carbocycles. The van der Waals surface area contributed by atoms with Crippen molar-refractivity contribution < 1.29 is 72.1 Å². The fourth-order valence-corrected chi connectivity index (χ4v) is 5.38. The molecule has 8 N–H and O–H groups in total. The average Bonchev–Trinajstić information content (AvgIpc) is 3.06. The van der Waals surface area contributed by atoms with Crippen LogP contribution in [0.4, 0.5) is 0 Å². The first-order chi connectivity index (χ1) is 16.7. The maximum absolute atomic E-state index is 12.1. The number of ketones is 1. The first kappa shape index (κ1) is 28.9. The predicted molar refractivity (Wildman–Crippen MR) is 108 cm³/mol. The van der Waals surface area contributed by atoms with Gasteiger partial charge < -0.3 is 44.8 Å². The van der Waals surface area contributed by atoms with Gasteiger partial charge in [-0.3, -0.25) is 28.2 Å². The van der Waals surface area contributed by atoms with Crippen LogP contribution in [0.15, 0.2) is 21.9 Å². The van der Waals surface area contributed by atoms with E-state index in [1.54, 1.807) is 0 Å². The van der Waals surface area contributed by atoms with E-state index in [1.165, 1.54) is 0 Å². The van der Waals surface area contributed by atoms with Gasteiger partial charge in [0.1, 0.15) is 30.5 Å². The van der Waals surface area contributed by atoms with E-state index < -0.39 is 95.0 Å². The molecular weight excluding hydrogens is 542 g/mol. The molecule has 1 aromatic heterocycles. The zero-order valence-corrected chi connectivity index (χ0v) is 19.5. The highest BCUT2D eigenvalue weighted by molar-refractivity contribution is 7.61. The van der Waals surface area contributed by atoms with Crippen LogP contribution in [0.5, 0.6) is 0 Å². The average molecular weight is 564 g/mol. The molecule has 0 bridgehead atoms. The van der Waals surface area contributed by atoms with E-state index in [1.807, 2.05) is 4.98 Å². The maximum Gasteiger partial charge on any atom is 0.483 e. The number of Topliss-reactive ketones (excluding diaryl/α,β-unsaturated/α-hetero) is 1. The second kappa shape index (κ2) is 11.0. The van der Waals surface area contributed by atoms with E-state index in [0.717, 1.165) is 12.3 Å². The third-order valence-electron chi connectivity index (χ3n) is 4.99. The third kappa shape index (κ3) is 6.42. The van der Waals surface area contributed by atoms with E-state index in [9.17, 15) is 53.7 Å². The zero-order chi connectivity index (χ0) is 27.0. The van der Waals surface area contributed by atoms with Gasteiger partial charge in [-0.2, -0.15) is 4.31 Å². The summed E-state index contributed by atoms with van der Waals surface area (Å²) >= 11 is 0. The molecule has 2 aliphatic heterocycles. The van der Waals surface area contributed by atoms with Crippen LogP contribution < -0.4 is 11.2 Å². The number of aromatic nitrogens is 2. The predicted octanol–water partition coefficient (Wildman–Crippen LogP) is -4.59. The smallest absolute Gasteiger partial charge is 0.394 e. The molecule has 1 aromatic rings. The van der Waals surface area contributed by atoms with Crippen molar-refractivity contribution in [2.45, 2.75) is 49.1 Å². The van der Waals surface area contributed by atoms with Crippen LogP contribution in [0.2, 0.25) is 0 Å². The number of aliphatic hydroxyl groups excluding tert-OH is 5. The summed E-state index contributed by atoms with van der Waals surface area (Å²) in [5, 5.41) is 48.6. The van der Waals surface area contributed by atoms with E-state index in [0.29, 0.717) is 4.57 Å². The second-order valence-corrected chi connectivity index (χ2v) is 10.5. The van der Waals surface area contributed by atoms with Gasteiger partial charge in [-0.1, -0.05) is 0 Å². The monoisotopic (exact) mass is 564 g/mol. The van der Waals surface area contributed by atoms with Gasteiger partial charge in [0, 0.05) is 12.3 Å².